The van der Waals surface area contributed by atoms with Crippen molar-refractivity contribution in [1.82, 2.24) is 34.7 Å². The van der Waals surface area contributed by atoms with Gasteiger partial charge in [0, 0.05) is 44.3 Å². The molecule has 34 heavy (non-hydrogen) atoms. The van der Waals surface area contributed by atoms with Gasteiger partial charge in [-0.1, -0.05) is 29.8 Å². The summed E-state index contributed by atoms with van der Waals surface area (Å²) in [4.78, 5) is 15.3. The summed E-state index contributed by atoms with van der Waals surface area (Å²) in [6.07, 6.45) is 2.73. The standard InChI is InChI=1S/C23H29N7O3S/c1-17-4-6-19(7-5-17)20-12-21(14-22(13-20)30-16-24-26-27-30)23(31)25-18(2)15-28-8-10-29(11-9-28)34(3,32)33/h4-7,12-14,16,18H,8-11,15H2,1-3H3,(H,25,31)/t18-/m1/s1. The molecule has 0 spiro atoms. The maximum atomic E-state index is 13.2. The molecule has 2 aromatic carbocycles. The summed E-state index contributed by atoms with van der Waals surface area (Å²) in [7, 11) is -3.16. The van der Waals surface area contributed by atoms with Gasteiger partial charge in [0.15, 0.2) is 0 Å². The number of nitrogens with one attached hydrogen (secondary N) is 1. The van der Waals surface area contributed by atoms with E-state index in [1.165, 1.54) is 21.6 Å². The predicted octanol–water partition coefficient (Wildman–Crippen LogP) is 1.33. The maximum absolute atomic E-state index is 13.2. The number of carbonyl (C=O) groups is 1. The van der Waals surface area contributed by atoms with E-state index in [4.69, 9.17) is 0 Å². The van der Waals surface area contributed by atoms with Crippen LogP contribution in [0.2, 0.25) is 0 Å². The highest BCUT2D eigenvalue weighted by atomic mass is 32.2. The molecular formula is C23H29N7O3S. The van der Waals surface area contributed by atoms with Crippen LogP contribution in [0.3, 0.4) is 0 Å². The first-order valence-electron chi connectivity index (χ1n) is 11.1. The number of hydrogen-bond donors (Lipinski definition) is 1. The van der Waals surface area contributed by atoms with Crippen LogP contribution in [0.25, 0.3) is 16.8 Å². The van der Waals surface area contributed by atoms with Gasteiger partial charge < -0.3 is 5.32 Å². The van der Waals surface area contributed by atoms with E-state index in [0.29, 0.717) is 44.0 Å². The number of aromatic nitrogens is 4. The Morgan fingerprint density at radius 1 is 1.06 bits per heavy atom. The summed E-state index contributed by atoms with van der Waals surface area (Å²) in [5.41, 5.74) is 4.24. The van der Waals surface area contributed by atoms with Crippen molar-refractivity contribution in [1.29, 1.82) is 0 Å². The number of aryl methyl sites for hydroxylation is 1. The summed E-state index contributed by atoms with van der Waals surface area (Å²) >= 11 is 0. The van der Waals surface area contributed by atoms with Gasteiger partial charge in [-0.05, 0) is 53.6 Å². The van der Waals surface area contributed by atoms with Crippen LogP contribution in [0.5, 0.6) is 0 Å². The maximum Gasteiger partial charge on any atom is 0.251 e. The van der Waals surface area contributed by atoms with Crippen molar-refractivity contribution in [3.8, 4) is 16.8 Å². The fraction of sp³-hybridized carbons (Fsp3) is 0.391. The highest BCUT2D eigenvalue weighted by Crippen LogP contribution is 2.24. The smallest absolute Gasteiger partial charge is 0.251 e. The highest BCUT2D eigenvalue weighted by molar-refractivity contribution is 7.88. The molecule has 1 N–H and O–H groups in total. The third-order valence-corrected chi connectivity index (χ3v) is 7.19. The molecule has 1 fully saturated rings. The van der Waals surface area contributed by atoms with E-state index in [9.17, 15) is 13.2 Å². The van der Waals surface area contributed by atoms with Gasteiger partial charge in [0.05, 0.1) is 11.9 Å². The molecule has 0 bridgehead atoms. The van der Waals surface area contributed by atoms with Gasteiger partial charge >= 0.3 is 0 Å². The number of amides is 1. The average Bonchev–Trinajstić information content (AvgIpc) is 3.34. The Kier molecular flexibility index (Phi) is 7.05. The normalized spacial score (nSPS) is 16.3. The topological polar surface area (TPSA) is 113 Å². The zero-order valence-electron chi connectivity index (χ0n) is 19.5. The summed E-state index contributed by atoms with van der Waals surface area (Å²) in [5, 5.41) is 14.5. The van der Waals surface area contributed by atoms with Crippen LogP contribution >= 0.6 is 0 Å². The molecule has 4 rings (SSSR count). The van der Waals surface area contributed by atoms with Gasteiger partial charge in [-0.25, -0.2) is 13.1 Å². The lowest BCUT2D eigenvalue weighted by Gasteiger charge is -2.34. The number of sulfonamides is 1. The molecule has 0 radical (unpaired) electrons. The number of hydrogen-bond acceptors (Lipinski definition) is 7. The molecule has 3 aromatic rings. The molecule has 11 heteroatoms. The molecule has 1 aliphatic heterocycles. The second-order valence-corrected chi connectivity index (χ2v) is 10.7. The van der Waals surface area contributed by atoms with Crippen LogP contribution in [-0.4, -0.2) is 88.8 Å². The molecule has 10 nitrogen and oxygen atoms in total. The van der Waals surface area contributed by atoms with Gasteiger partial charge in [-0.3, -0.25) is 9.69 Å². The molecule has 2 heterocycles. The molecule has 1 atom stereocenters. The van der Waals surface area contributed by atoms with Crippen LogP contribution < -0.4 is 5.32 Å². The van der Waals surface area contributed by atoms with Crippen LogP contribution in [0.1, 0.15) is 22.8 Å². The van der Waals surface area contributed by atoms with Crippen molar-refractivity contribution in [2.45, 2.75) is 19.9 Å². The highest BCUT2D eigenvalue weighted by Gasteiger charge is 2.24. The predicted molar refractivity (Wildman–Crippen MR) is 129 cm³/mol. The number of nitrogens with zero attached hydrogens (tertiary/aromatic N) is 6. The fourth-order valence-corrected chi connectivity index (χ4v) is 4.88. The Balaban J connectivity index is 1.48. The van der Waals surface area contributed by atoms with E-state index in [0.717, 1.165) is 16.7 Å². The van der Waals surface area contributed by atoms with Gasteiger partial charge in [-0.2, -0.15) is 4.31 Å². The van der Waals surface area contributed by atoms with Crippen LogP contribution in [-0.2, 0) is 10.0 Å². The van der Waals surface area contributed by atoms with Crippen LogP contribution in [0.4, 0.5) is 0 Å². The minimum Gasteiger partial charge on any atom is -0.348 e. The second kappa shape index (κ2) is 10.00. The summed E-state index contributed by atoms with van der Waals surface area (Å²) in [6.45, 7) is 6.83. The number of rotatable bonds is 7. The number of piperazine rings is 1. The first kappa shape index (κ1) is 24.0. The fourth-order valence-electron chi connectivity index (χ4n) is 4.05. The molecule has 0 unspecified atom stereocenters. The van der Waals surface area contributed by atoms with Crippen molar-refractivity contribution >= 4 is 15.9 Å². The van der Waals surface area contributed by atoms with Crippen LogP contribution in [0.15, 0.2) is 48.8 Å². The van der Waals surface area contributed by atoms with E-state index in [-0.39, 0.29) is 11.9 Å². The molecular weight excluding hydrogens is 454 g/mol. The Morgan fingerprint density at radius 2 is 1.76 bits per heavy atom. The van der Waals surface area contributed by atoms with Gasteiger partial charge in [0.1, 0.15) is 6.33 Å². The lowest BCUT2D eigenvalue weighted by Crippen LogP contribution is -2.51. The monoisotopic (exact) mass is 483 g/mol. The summed E-state index contributed by atoms with van der Waals surface area (Å²) in [6, 6.07) is 13.6. The zero-order valence-corrected chi connectivity index (χ0v) is 20.4. The Morgan fingerprint density at radius 3 is 2.38 bits per heavy atom. The largest absolute Gasteiger partial charge is 0.348 e. The average molecular weight is 484 g/mol. The Bertz CT molecular complexity index is 1240. The van der Waals surface area contributed by atoms with Crippen molar-refractivity contribution in [3.05, 3.63) is 59.9 Å². The van der Waals surface area contributed by atoms with Gasteiger partial charge in [0.2, 0.25) is 10.0 Å². The minimum atomic E-state index is -3.16. The minimum absolute atomic E-state index is 0.114. The second-order valence-electron chi connectivity index (χ2n) is 8.73. The lowest BCUT2D eigenvalue weighted by molar-refractivity contribution is 0.0922. The molecule has 1 saturated heterocycles. The third-order valence-electron chi connectivity index (χ3n) is 5.89. The molecule has 1 amide bonds. The van der Waals surface area contributed by atoms with Crippen molar-refractivity contribution < 1.29 is 13.2 Å². The summed E-state index contributed by atoms with van der Waals surface area (Å²) in [5.74, 6) is -0.189. The summed E-state index contributed by atoms with van der Waals surface area (Å²) < 4.78 is 26.4. The number of benzene rings is 2. The molecule has 0 aliphatic carbocycles. The molecule has 0 saturated carbocycles. The van der Waals surface area contributed by atoms with Crippen molar-refractivity contribution in [3.63, 3.8) is 0 Å². The zero-order chi connectivity index (χ0) is 24.3. The Hall–Kier alpha value is -3.15. The first-order chi connectivity index (χ1) is 16.2. The number of carbonyl (C=O) groups excluding carboxylic acids is 1. The van der Waals surface area contributed by atoms with Crippen LogP contribution in [0, 0.1) is 6.92 Å². The SMILES string of the molecule is Cc1ccc(-c2cc(C(=O)N[C@H](C)CN3CCN(S(C)(=O)=O)CC3)cc(-n3cnnn3)c2)cc1. The first-order valence-corrected chi connectivity index (χ1v) is 13.0. The van der Waals surface area contributed by atoms with E-state index in [2.05, 4.69) is 25.7 Å². The van der Waals surface area contributed by atoms with E-state index >= 15 is 0 Å². The van der Waals surface area contributed by atoms with E-state index < -0.39 is 10.0 Å². The van der Waals surface area contributed by atoms with Gasteiger partial charge in [0.25, 0.3) is 5.91 Å². The Labute approximate surface area is 199 Å². The third kappa shape index (κ3) is 5.85. The van der Waals surface area contributed by atoms with Crippen molar-refractivity contribution in [2.75, 3.05) is 39.0 Å². The molecule has 1 aliphatic rings. The number of tetrazole rings is 1. The molecule has 180 valence electrons. The lowest BCUT2D eigenvalue weighted by atomic mass is 10.0. The van der Waals surface area contributed by atoms with Gasteiger partial charge in [-0.15, -0.1) is 5.10 Å². The molecule has 1 aromatic heterocycles. The van der Waals surface area contributed by atoms with E-state index in [1.807, 2.05) is 50.2 Å². The van der Waals surface area contributed by atoms with Crippen molar-refractivity contribution in [2.24, 2.45) is 0 Å². The van der Waals surface area contributed by atoms with E-state index in [1.54, 1.807) is 6.07 Å². The quantitative estimate of drug-likeness (QED) is 0.539.